The van der Waals surface area contributed by atoms with E-state index in [1.165, 1.54) is 16.7 Å². The van der Waals surface area contributed by atoms with Gasteiger partial charge in [-0.1, -0.05) is 72.4 Å². The topological polar surface area (TPSA) is 90.5 Å². The third kappa shape index (κ3) is 4.80. The monoisotopic (exact) mass is 504 g/mol. The van der Waals surface area contributed by atoms with Crippen LogP contribution in [0.5, 0.6) is 0 Å². The molecule has 3 aromatic rings. The van der Waals surface area contributed by atoms with Gasteiger partial charge >= 0.3 is 5.97 Å². The Bertz CT molecular complexity index is 1250. The van der Waals surface area contributed by atoms with Crippen molar-refractivity contribution < 1.29 is 14.3 Å². The highest BCUT2D eigenvalue weighted by atomic mass is 32.2. The number of carbonyl (C=O) groups is 2. The first-order chi connectivity index (χ1) is 17.0. The molecule has 0 bridgehead atoms. The van der Waals surface area contributed by atoms with Gasteiger partial charge in [0.1, 0.15) is 17.1 Å². The summed E-state index contributed by atoms with van der Waals surface area (Å²) in [6.45, 7) is 0. The highest BCUT2D eigenvalue weighted by Gasteiger charge is 2.52. The molecule has 35 heavy (non-hydrogen) atoms. The number of hydrogen-bond donors (Lipinski definition) is 1. The number of aryl methyl sites for hydroxylation is 1. The van der Waals surface area contributed by atoms with Crippen molar-refractivity contribution >= 4 is 41.5 Å². The smallest absolute Gasteiger partial charge is 0.356 e. The molecule has 0 unspecified atom stereocenters. The van der Waals surface area contributed by atoms with Gasteiger partial charge in [0.15, 0.2) is 6.10 Å². The fourth-order valence-corrected chi connectivity index (χ4v) is 6.34. The van der Waals surface area contributed by atoms with Crippen LogP contribution in [-0.2, 0) is 21.4 Å². The molecule has 7 nitrogen and oxygen atoms in total. The first-order valence-corrected chi connectivity index (χ1v) is 13.0. The normalized spacial score (nSPS) is 19.7. The largest absolute Gasteiger partial charge is 0.448 e. The van der Waals surface area contributed by atoms with E-state index in [1.54, 1.807) is 22.6 Å². The molecule has 1 fully saturated rings. The van der Waals surface area contributed by atoms with Crippen LogP contribution in [0.4, 0.5) is 0 Å². The van der Waals surface area contributed by atoms with Crippen molar-refractivity contribution in [2.24, 2.45) is 12.8 Å². The molecule has 5 rings (SSSR count). The maximum atomic E-state index is 13.7. The van der Waals surface area contributed by atoms with Crippen molar-refractivity contribution in [3.8, 4) is 0 Å². The number of nitrogens with zero attached hydrogens (tertiary/aromatic N) is 3. The summed E-state index contributed by atoms with van der Waals surface area (Å²) in [7, 11) is 1.85. The molecule has 0 saturated carbocycles. The summed E-state index contributed by atoms with van der Waals surface area (Å²) in [5, 5.41) is 5.80. The summed E-state index contributed by atoms with van der Waals surface area (Å²) in [6, 6.07) is 18.6. The maximum Gasteiger partial charge on any atom is 0.356 e. The number of β-lactam (4-membered cyclic amide) rings is 1. The molecule has 1 aromatic heterocycles. The fraction of sp³-hybridized carbons (Fsp3) is 0.192. The number of rotatable bonds is 7. The van der Waals surface area contributed by atoms with E-state index >= 15 is 0 Å². The number of aromatic nitrogens is 2. The number of benzene rings is 2. The minimum absolute atomic E-state index is 0.261. The first-order valence-electron chi connectivity index (χ1n) is 11.1. The van der Waals surface area contributed by atoms with Gasteiger partial charge in [-0.3, -0.25) is 14.4 Å². The van der Waals surface area contributed by atoms with E-state index in [0.717, 1.165) is 21.6 Å². The zero-order valence-corrected chi connectivity index (χ0v) is 20.6. The molecule has 1 amide bonds. The van der Waals surface area contributed by atoms with Crippen LogP contribution in [0.15, 0.2) is 89.1 Å². The summed E-state index contributed by atoms with van der Waals surface area (Å²) >= 11 is 2.96. The molecule has 2 atom stereocenters. The van der Waals surface area contributed by atoms with Gasteiger partial charge in [0.2, 0.25) is 5.91 Å². The van der Waals surface area contributed by atoms with E-state index in [2.05, 4.69) is 5.10 Å². The number of nitrogens with two attached hydrogens (primary N) is 1. The Hall–Kier alpha value is -3.27. The van der Waals surface area contributed by atoms with Gasteiger partial charge in [0.25, 0.3) is 0 Å². The van der Waals surface area contributed by atoms with Crippen LogP contribution in [0.1, 0.15) is 22.8 Å². The van der Waals surface area contributed by atoms with Crippen molar-refractivity contribution in [2.75, 3.05) is 5.75 Å². The number of hydrogen-bond acceptors (Lipinski definition) is 7. The Morgan fingerprint density at radius 3 is 2.43 bits per heavy atom. The van der Waals surface area contributed by atoms with Crippen molar-refractivity contribution in [2.45, 2.75) is 17.5 Å². The van der Waals surface area contributed by atoms with E-state index in [-0.39, 0.29) is 17.0 Å². The molecule has 178 valence electrons. The number of ether oxygens (including phenoxy) is 1. The summed E-state index contributed by atoms with van der Waals surface area (Å²) < 4.78 is 7.83. The minimum atomic E-state index is -0.612. The number of carbonyl (C=O) groups excluding carboxylic acids is 2. The highest BCUT2D eigenvalue weighted by Crippen LogP contribution is 2.44. The fourth-order valence-electron chi connectivity index (χ4n) is 4.04. The molecule has 0 spiro atoms. The third-order valence-corrected chi connectivity index (χ3v) is 8.17. The van der Waals surface area contributed by atoms with Gasteiger partial charge in [-0.15, -0.1) is 11.8 Å². The molecule has 9 heteroatoms. The van der Waals surface area contributed by atoms with Crippen LogP contribution in [0.3, 0.4) is 0 Å². The third-order valence-electron chi connectivity index (χ3n) is 5.79. The average Bonchev–Trinajstić information content (AvgIpc) is 3.32. The van der Waals surface area contributed by atoms with Gasteiger partial charge in [0, 0.05) is 29.5 Å². The Morgan fingerprint density at radius 2 is 1.83 bits per heavy atom. The van der Waals surface area contributed by atoms with Crippen LogP contribution in [0.2, 0.25) is 0 Å². The number of esters is 1. The number of amides is 1. The van der Waals surface area contributed by atoms with Crippen LogP contribution >= 0.6 is 23.5 Å². The summed E-state index contributed by atoms with van der Waals surface area (Å²) in [5.41, 5.74) is 8.96. The molecule has 1 saturated heterocycles. The molecule has 2 N–H and O–H groups in total. The SMILES string of the molecule is Cn1cc(/C=C/SC2=C(C(=O)OC(c3ccccc3)c3ccccc3)N3C(=O)[C@@H](N)[C@H]3SC2)cn1. The lowest BCUT2D eigenvalue weighted by Crippen LogP contribution is -2.68. The first kappa shape index (κ1) is 23.5. The molecule has 2 aliphatic rings. The number of fused-ring (bicyclic) bond motifs is 1. The van der Waals surface area contributed by atoms with Crippen LogP contribution in [0.25, 0.3) is 6.08 Å². The second-order valence-corrected chi connectivity index (χ2v) is 10.3. The second kappa shape index (κ2) is 10.2. The molecule has 2 aromatic carbocycles. The number of thioether (sulfide) groups is 2. The van der Waals surface area contributed by atoms with E-state index < -0.39 is 18.1 Å². The summed E-state index contributed by atoms with van der Waals surface area (Å²) in [6.07, 6.45) is 4.97. The molecular formula is C26H24N4O3S2. The zero-order chi connectivity index (χ0) is 24.4. The molecular weight excluding hydrogens is 480 g/mol. The Balaban J connectivity index is 1.46. The predicted octanol–water partition coefficient (Wildman–Crippen LogP) is 3.91. The van der Waals surface area contributed by atoms with Crippen molar-refractivity contribution in [1.82, 2.24) is 14.7 Å². The average molecular weight is 505 g/mol. The molecule has 0 radical (unpaired) electrons. The van der Waals surface area contributed by atoms with Crippen LogP contribution < -0.4 is 5.73 Å². The van der Waals surface area contributed by atoms with E-state index in [4.69, 9.17) is 10.5 Å². The lowest BCUT2D eigenvalue weighted by Gasteiger charge is -2.48. The van der Waals surface area contributed by atoms with E-state index in [0.29, 0.717) is 5.75 Å². The lowest BCUT2D eigenvalue weighted by molar-refractivity contribution is -0.152. The van der Waals surface area contributed by atoms with Gasteiger partial charge in [-0.25, -0.2) is 4.79 Å². The van der Waals surface area contributed by atoms with Crippen molar-refractivity contribution in [1.29, 1.82) is 0 Å². The van der Waals surface area contributed by atoms with Crippen LogP contribution in [-0.4, -0.2) is 43.7 Å². The van der Waals surface area contributed by atoms with Crippen LogP contribution in [0, 0.1) is 0 Å². The highest BCUT2D eigenvalue weighted by molar-refractivity contribution is 8.08. The predicted molar refractivity (Wildman–Crippen MR) is 139 cm³/mol. The molecule has 0 aliphatic carbocycles. The van der Waals surface area contributed by atoms with Crippen molar-refractivity contribution in [3.05, 3.63) is 106 Å². The van der Waals surface area contributed by atoms with Gasteiger partial charge in [-0.05, 0) is 22.6 Å². The summed E-state index contributed by atoms with van der Waals surface area (Å²) in [4.78, 5) is 28.6. The Morgan fingerprint density at radius 1 is 1.17 bits per heavy atom. The van der Waals surface area contributed by atoms with E-state index in [1.807, 2.05) is 85.4 Å². The van der Waals surface area contributed by atoms with Gasteiger partial charge in [-0.2, -0.15) is 5.10 Å². The minimum Gasteiger partial charge on any atom is -0.448 e. The van der Waals surface area contributed by atoms with Gasteiger partial charge in [0.05, 0.1) is 6.20 Å². The maximum absolute atomic E-state index is 13.7. The standard InChI is InChI=1S/C26H24N4O3S2/c1-29-15-17(14-28-29)12-13-34-20-16-35-25-21(27)24(31)30(25)22(20)26(32)33-23(18-8-4-2-5-9-18)19-10-6-3-7-11-19/h2-15,21,23,25H,16,27H2,1H3/b13-12+/t21-,25-/m1/s1. The van der Waals surface area contributed by atoms with E-state index in [9.17, 15) is 9.59 Å². The summed E-state index contributed by atoms with van der Waals surface area (Å²) in [5.74, 6) is -0.235. The lowest BCUT2D eigenvalue weighted by atomic mass is 10.0. The quantitative estimate of drug-likeness (QED) is 0.385. The Labute approximate surface area is 212 Å². The molecule has 3 heterocycles. The van der Waals surface area contributed by atoms with Crippen molar-refractivity contribution in [3.63, 3.8) is 0 Å². The van der Waals surface area contributed by atoms with Gasteiger partial charge < -0.3 is 10.5 Å². The molecule has 2 aliphatic heterocycles. The zero-order valence-electron chi connectivity index (χ0n) is 19.0. The Kier molecular flexibility index (Phi) is 6.81. The second-order valence-electron chi connectivity index (χ2n) is 8.18.